The van der Waals surface area contributed by atoms with Crippen molar-refractivity contribution in [1.29, 1.82) is 0 Å². The van der Waals surface area contributed by atoms with Crippen LogP contribution in [0.3, 0.4) is 0 Å². The van der Waals surface area contributed by atoms with E-state index in [-0.39, 0.29) is 34.7 Å². The Labute approximate surface area is 235 Å². The number of anilines is 2. The van der Waals surface area contributed by atoms with E-state index in [1.165, 1.54) is 54.3 Å². The lowest BCUT2D eigenvalue weighted by atomic mass is 10.1. The van der Waals surface area contributed by atoms with E-state index in [1.54, 1.807) is 18.2 Å². The Kier molecular flexibility index (Phi) is 10.3. The number of nitrogens with zero attached hydrogens (tertiary/aromatic N) is 2. The van der Waals surface area contributed by atoms with Gasteiger partial charge < -0.3 is 19.3 Å². The van der Waals surface area contributed by atoms with Gasteiger partial charge in [-0.05, 0) is 69.7 Å². The Hall–Kier alpha value is -3.92. The van der Waals surface area contributed by atoms with E-state index >= 15 is 0 Å². The fourth-order valence-electron chi connectivity index (χ4n) is 4.23. The molecule has 2 amide bonds. The minimum atomic E-state index is -4.27. The minimum Gasteiger partial charge on any atom is -0.379 e. The summed E-state index contributed by atoms with van der Waals surface area (Å²) in [4.78, 5) is 28.2. The summed E-state index contributed by atoms with van der Waals surface area (Å²) < 4.78 is 46.9. The average molecular weight is 570 g/mol. The summed E-state index contributed by atoms with van der Waals surface area (Å²) in [5.74, 6) is -1.33. The molecule has 0 spiro atoms. The number of hydrogen-bond acceptors (Lipinski definition) is 6. The second-order valence-corrected chi connectivity index (χ2v) is 10.9. The van der Waals surface area contributed by atoms with Gasteiger partial charge in [0.1, 0.15) is 16.5 Å². The number of halogens is 1. The SMILES string of the molecule is CC[C@H](C)N(Cc1ccc(N(CC)CC)cc1OS(=O)(=O)c1ccc(NC(C)=O)cc1)C(=O)c1ccccc1F. The minimum absolute atomic E-state index is 0.00697. The molecule has 3 aromatic carbocycles. The van der Waals surface area contributed by atoms with Crippen molar-refractivity contribution in [2.24, 2.45) is 0 Å². The number of nitrogens with one attached hydrogen (secondary N) is 1. The molecular weight excluding hydrogens is 533 g/mol. The van der Waals surface area contributed by atoms with Crippen LogP contribution in [0.5, 0.6) is 5.75 Å². The highest BCUT2D eigenvalue weighted by Crippen LogP contribution is 2.31. The molecule has 8 nitrogen and oxygen atoms in total. The van der Waals surface area contributed by atoms with Crippen molar-refractivity contribution in [1.82, 2.24) is 4.90 Å². The maximum absolute atomic E-state index is 14.5. The van der Waals surface area contributed by atoms with Crippen LogP contribution < -0.4 is 14.4 Å². The summed E-state index contributed by atoms with van der Waals surface area (Å²) in [7, 11) is -4.27. The normalized spacial score (nSPS) is 11.9. The zero-order valence-electron chi connectivity index (χ0n) is 23.5. The molecule has 3 rings (SSSR count). The van der Waals surface area contributed by atoms with E-state index < -0.39 is 21.8 Å². The van der Waals surface area contributed by atoms with Crippen molar-refractivity contribution < 1.29 is 26.6 Å². The summed E-state index contributed by atoms with van der Waals surface area (Å²) in [5, 5.41) is 2.60. The molecule has 0 radical (unpaired) electrons. The molecule has 0 aliphatic rings. The van der Waals surface area contributed by atoms with Crippen LogP contribution in [0.1, 0.15) is 57.0 Å². The van der Waals surface area contributed by atoms with Crippen molar-refractivity contribution >= 4 is 33.3 Å². The number of benzene rings is 3. The van der Waals surface area contributed by atoms with Gasteiger partial charge in [0.25, 0.3) is 5.91 Å². The monoisotopic (exact) mass is 569 g/mol. The van der Waals surface area contributed by atoms with Crippen LogP contribution in [0.25, 0.3) is 0 Å². The molecule has 40 heavy (non-hydrogen) atoms. The number of carbonyl (C=O) groups excluding carboxylic acids is 2. The van der Waals surface area contributed by atoms with Crippen LogP contribution in [-0.2, 0) is 21.5 Å². The molecule has 0 saturated heterocycles. The largest absolute Gasteiger partial charge is 0.379 e. The number of hydrogen-bond donors (Lipinski definition) is 1. The van der Waals surface area contributed by atoms with Gasteiger partial charge in [0, 0.05) is 55.6 Å². The molecule has 0 unspecified atom stereocenters. The van der Waals surface area contributed by atoms with Gasteiger partial charge in [0.15, 0.2) is 0 Å². The van der Waals surface area contributed by atoms with E-state index in [9.17, 15) is 22.4 Å². The van der Waals surface area contributed by atoms with E-state index in [0.29, 0.717) is 30.8 Å². The highest BCUT2D eigenvalue weighted by Gasteiger charge is 2.26. The van der Waals surface area contributed by atoms with Crippen LogP contribution in [0.4, 0.5) is 15.8 Å². The molecule has 0 aliphatic carbocycles. The molecule has 0 aromatic heterocycles. The first kappa shape index (κ1) is 30.6. The first-order chi connectivity index (χ1) is 19.0. The highest BCUT2D eigenvalue weighted by molar-refractivity contribution is 7.87. The van der Waals surface area contributed by atoms with Gasteiger partial charge in [0.05, 0.1) is 5.56 Å². The Morgan fingerprint density at radius 3 is 2.20 bits per heavy atom. The third kappa shape index (κ3) is 7.38. The Morgan fingerprint density at radius 2 is 1.62 bits per heavy atom. The molecule has 10 heteroatoms. The Bertz CT molecular complexity index is 1440. The van der Waals surface area contributed by atoms with Gasteiger partial charge in [-0.15, -0.1) is 0 Å². The van der Waals surface area contributed by atoms with Crippen molar-refractivity contribution in [3.63, 3.8) is 0 Å². The molecule has 0 saturated carbocycles. The molecule has 0 aliphatic heterocycles. The molecule has 0 heterocycles. The second kappa shape index (κ2) is 13.4. The number of rotatable bonds is 12. The predicted octanol–water partition coefficient (Wildman–Crippen LogP) is 5.84. The molecule has 1 N–H and O–H groups in total. The van der Waals surface area contributed by atoms with Gasteiger partial charge >= 0.3 is 10.1 Å². The fraction of sp³-hybridized carbons (Fsp3) is 0.333. The van der Waals surface area contributed by atoms with Crippen LogP contribution in [0.15, 0.2) is 71.6 Å². The quantitative estimate of drug-likeness (QED) is 0.276. The lowest BCUT2D eigenvalue weighted by Gasteiger charge is -2.30. The van der Waals surface area contributed by atoms with E-state index in [2.05, 4.69) is 5.32 Å². The molecular formula is C30H36FN3O5S. The molecule has 214 valence electrons. The summed E-state index contributed by atoms with van der Waals surface area (Å²) >= 11 is 0. The molecule has 1 atom stereocenters. The van der Waals surface area contributed by atoms with Crippen LogP contribution in [0.2, 0.25) is 0 Å². The lowest BCUT2D eigenvalue weighted by Crippen LogP contribution is -2.38. The Balaban J connectivity index is 2.04. The van der Waals surface area contributed by atoms with Gasteiger partial charge in [0.2, 0.25) is 5.91 Å². The van der Waals surface area contributed by atoms with E-state index in [1.807, 2.05) is 38.7 Å². The molecule has 3 aromatic rings. The third-order valence-electron chi connectivity index (χ3n) is 6.67. The van der Waals surface area contributed by atoms with Gasteiger partial charge in [-0.25, -0.2) is 4.39 Å². The maximum atomic E-state index is 14.5. The zero-order valence-corrected chi connectivity index (χ0v) is 24.3. The van der Waals surface area contributed by atoms with Crippen molar-refractivity contribution in [2.75, 3.05) is 23.3 Å². The number of amides is 2. The summed E-state index contributed by atoms with van der Waals surface area (Å²) in [6.45, 7) is 10.5. The highest BCUT2D eigenvalue weighted by atomic mass is 32.2. The molecule has 0 bridgehead atoms. The fourth-order valence-corrected chi connectivity index (χ4v) is 5.19. The van der Waals surface area contributed by atoms with Crippen LogP contribution in [0, 0.1) is 5.82 Å². The van der Waals surface area contributed by atoms with E-state index in [0.717, 1.165) is 5.69 Å². The van der Waals surface area contributed by atoms with Crippen molar-refractivity contribution in [3.05, 3.63) is 83.7 Å². The first-order valence-electron chi connectivity index (χ1n) is 13.3. The van der Waals surface area contributed by atoms with Crippen molar-refractivity contribution in [3.8, 4) is 5.75 Å². The predicted molar refractivity (Wildman–Crippen MR) is 155 cm³/mol. The third-order valence-corrected chi connectivity index (χ3v) is 7.92. The topological polar surface area (TPSA) is 96.0 Å². The van der Waals surface area contributed by atoms with Gasteiger partial charge in [-0.2, -0.15) is 8.42 Å². The smallest absolute Gasteiger partial charge is 0.339 e. The molecule has 0 fully saturated rings. The summed E-state index contributed by atoms with van der Waals surface area (Å²) in [5.41, 5.74) is 1.61. The zero-order chi connectivity index (χ0) is 29.4. The number of carbonyl (C=O) groups is 2. The van der Waals surface area contributed by atoms with Gasteiger partial charge in [-0.3, -0.25) is 9.59 Å². The maximum Gasteiger partial charge on any atom is 0.339 e. The average Bonchev–Trinajstić information content (AvgIpc) is 2.92. The van der Waals surface area contributed by atoms with E-state index in [4.69, 9.17) is 4.18 Å². The van der Waals surface area contributed by atoms with Crippen LogP contribution in [-0.4, -0.2) is 44.3 Å². The van der Waals surface area contributed by atoms with Crippen molar-refractivity contribution in [2.45, 2.75) is 58.5 Å². The lowest BCUT2D eigenvalue weighted by molar-refractivity contribution is -0.114. The van der Waals surface area contributed by atoms with Crippen LogP contribution >= 0.6 is 0 Å². The standard InChI is InChI=1S/C30H36FN3O5S/c1-6-21(4)34(30(36)27-11-9-10-12-28(27)31)20-23-13-16-25(33(7-2)8-3)19-29(23)39-40(37,38)26-17-14-24(15-18-26)32-22(5)35/h9-19,21H,6-8,20H2,1-5H3,(H,32,35)/t21-/m0/s1. The summed E-state index contributed by atoms with van der Waals surface area (Å²) in [6.07, 6.45) is 0.604. The van der Waals surface area contributed by atoms with Gasteiger partial charge in [-0.1, -0.05) is 25.1 Å². The second-order valence-electron chi connectivity index (χ2n) is 9.38. The first-order valence-corrected chi connectivity index (χ1v) is 14.7. The summed E-state index contributed by atoms with van der Waals surface area (Å²) in [6, 6.07) is 16.4. The Morgan fingerprint density at radius 1 is 0.975 bits per heavy atom.